The Bertz CT molecular complexity index is 451. The van der Waals surface area contributed by atoms with Crippen LogP contribution in [0.3, 0.4) is 0 Å². The number of hydrogen-bond acceptors (Lipinski definition) is 4. The SMILES string of the molecule is NC(=O)Cn1cc(NC(=O)CCC2CCNC2)cn1. The Kier molecular flexibility index (Phi) is 4.51. The maximum Gasteiger partial charge on any atom is 0.239 e. The molecule has 0 spiro atoms. The summed E-state index contributed by atoms with van der Waals surface area (Å²) in [4.78, 5) is 22.5. The molecule has 104 valence electrons. The Morgan fingerprint density at radius 1 is 1.58 bits per heavy atom. The van der Waals surface area contributed by atoms with E-state index in [1.165, 1.54) is 10.9 Å². The summed E-state index contributed by atoms with van der Waals surface area (Å²) in [5.74, 6) is 0.114. The summed E-state index contributed by atoms with van der Waals surface area (Å²) < 4.78 is 1.40. The molecule has 2 rings (SSSR count). The van der Waals surface area contributed by atoms with Crippen molar-refractivity contribution in [1.82, 2.24) is 15.1 Å². The van der Waals surface area contributed by atoms with Crippen molar-refractivity contribution in [1.29, 1.82) is 0 Å². The number of nitrogens with one attached hydrogen (secondary N) is 2. The molecule has 0 aliphatic carbocycles. The molecule has 0 bridgehead atoms. The molecule has 19 heavy (non-hydrogen) atoms. The molecule has 1 fully saturated rings. The Labute approximate surface area is 111 Å². The highest BCUT2D eigenvalue weighted by molar-refractivity contribution is 5.90. The third-order valence-electron chi connectivity index (χ3n) is 3.18. The Morgan fingerprint density at radius 2 is 2.42 bits per heavy atom. The number of primary amides is 1. The van der Waals surface area contributed by atoms with Crippen molar-refractivity contribution in [2.45, 2.75) is 25.8 Å². The van der Waals surface area contributed by atoms with Crippen LogP contribution in [0.1, 0.15) is 19.3 Å². The summed E-state index contributed by atoms with van der Waals surface area (Å²) in [7, 11) is 0. The molecule has 4 N–H and O–H groups in total. The van der Waals surface area contributed by atoms with Gasteiger partial charge in [0.05, 0.1) is 11.9 Å². The van der Waals surface area contributed by atoms with Gasteiger partial charge in [-0.05, 0) is 31.8 Å². The molecule has 2 amide bonds. The van der Waals surface area contributed by atoms with E-state index in [1.807, 2.05) is 0 Å². The van der Waals surface area contributed by atoms with E-state index >= 15 is 0 Å². The second-order valence-electron chi connectivity index (χ2n) is 4.84. The molecule has 7 nitrogen and oxygen atoms in total. The van der Waals surface area contributed by atoms with E-state index in [0.29, 0.717) is 18.0 Å². The van der Waals surface area contributed by atoms with Crippen LogP contribution in [0.4, 0.5) is 5.69 Å². The second-order valence-corrected chi connectivity index (χ2v) is 4.84. The number of amides is 2. The average molecular weight is 265 g/mol. The third kappa shape index (κ3) is 4.36. The van der Waals surface area contributed by atoms with Crippen molar-refractivity contribution in [2.24, 2.45) is 11.7 Å². The minimum atomic E-state index is -0.463. The van der Waals surface area contributed by atoms with E-state index in [2.05, 4.69) is 15.7 Å². The van der Waals surface area contributed by atoms with Crippen LogP contribution in [0.15, 0.2) is 12.4 Å². The van der Waals surface area contributed by atoms with Gasteiger partial charge in [0.1, 0.15) is 6.54 Å². The predicted molar refractivity (Wildman–Crippen MR) is 70.3 cm³/mol. The van der Waals surface area contributed by atoms with Gasteiger partial charge in [0.2, 0.25) is 11.8 Å². The summed E-state index contributed by atoms with van der Waals surface area (Å²) in [6, 6.07) is 0. The van der Waals surface area contributed by atoms with Crippen molar-refractivity contribution in [3.63, 3.8) is 0 Å². The van der Waals surface area contributed by atoms with Gasteiger partial charge in [-0.2, -0.15) is 5.10 Å². The standard InChI is InChI=1S/C12H19N5O2/c13-11(18)8-17-7-10(6-15-17)16-12(19)2-1-9-3-4-14-5-9/h6-7,9,14H,1-5,8H2,(H2,13,18)(H,16,19). The predicted octanol–water partition coefficient (Wildman–Crippen LogP) is -0.303. The Balaban J connectivity index is 1.74. The number of anilines is 1. The minimum absolute atomic E-state index is 0.0175. The highest BCUT2D eigenvalue weighted by Crippen LogP contribution is 2.15. The summed E-state index contributed by atoms with van der Waals surface area (Å²) in [6.45, 7) is 2.07. The van der Waals surface area contributed by atoms with E-state index in [0.717, 1.165) is 25.9 Å². The number of carbonyl (C=O) groups is 2. The number of rotatable bonds is 6. The topological polar surface area (TPSA) is 102 Å². The van der Waals surface area contributed by atoms with Gasteiger partial charge in [0, 0.05) is 12.6 Å². The average Bonchev–Trinajstić information content (AvgIpc) is 2.97. The van der Waals surface area contributed by atoms with E-state index in [4.69, 9.17) is 5.73 Å². The molecule has 1 aromatic heterocycles. The molecule has 1 aliphatic heterocycles. The first-order valence-corrected chi connectivity index (χ1v) is 6.45. The van der Waals surface area contributed by atoms with Gasteiger partial charge in [-0.1, -0.05) is 0 Å². The van der Waals surface area contributed by atoms with Crippen LogP contribution in [0.5, 0.6) is 0 Å². The fourth-order valence-electron chi connectivity index (χ4n) is 2.19. The van der Waals surface area contributed by atoms with Crippen molar-refractivity contribution >= 4 is 17.5 Å². The summed E-state index contributed by atoms with van der Waals surface area (Å²) in [5, 5.41) is 9.98. The molecular weight excluding hydrogens is 246 g/mol. The van der Waals surface area contributed by atoms with Crippen molar-refractivity contribution in [2.75, 3.05) is 18.4 Å². The maximum atomic E-state index is 11.7. The Hall–Kier alpha value is -1.89. The molecule has 2 heterocycles. The zero-order chi connectivity index (χ0) is 13.7. The van der Waals surface area contributed by atoms with Gasteiger partial charge < -0.3 is 16.4 Å². The lowest BCUT2D eigenvalue weighted by Crippen LogP contribution is -2.18. The zero-order valence-electron chi connectivity index (χ0n) is 10.8. The van der Waals surface area contributed by atoms with Crippen molar-refractivity contribution in [3.8, 4) is 0 Å². The summed E-state index contributed by atoms with van der Waals surface area (Å²) in [5.41, 5.74) is 5.65. The minimum Gasteiger partial charge on any atom is -0.368 e. The molecule has 1 atom stereocenters. The normalized spacial score (nSPS) is 18.4. The molecule has 0 saturated carbocycles. The number of hydrogen-bond donors (Lipinski definition) is 3. The highest BCUT2D eigenvalue weighted by Gasteiger charge is 2.15. The number of nitrogens with zero attached hydrogens (tertiary/aromatic N) is 2. The first-order chi connectivity index (χ1) is 9.13. The van der Waals surface area contributed by atoms with Crippen LogP contribution in [-0.2, 0) is 16.1 Å². The lowest BCUT2D eigenvalue weighted by atomic mass is 10.0. The van der Waals surface area contributed by atoms with Crippen LogP contribution < -0.4 is 16.4 Å². The van der Waals surface area contributed by atoms with Gasteiger partial charge in [0.15, 0.2) is 0 Å². The molecule has 0 aromatic carbocycles. The lowest BCUT2D eigenvalue weighted by Gasteiger charge is -2.07. The van der Waals surface area contributed by atoms with Gasteiger partial charge in [0.25, 0.3) is 0 Å². The van der Waals surface area contributed by atoms with Crippen molar-refractivity contribution < 1.29 is 9.59 Å². The molecule has 7 heteroatoms. The maximum absolute atomic E-state index is 11.7. The van der Waals surface area contributed by atoms with E-state index < -0.39 is 5.91 Å². The molecule has 1 unspecified atom stereocenters. The van der Waals surface area contributed by atoms with Gasteiger partial charge in [-0.15, -0.1) is 0 Å². The quantitative estimate of drug-likeness (QED) is 0.657. The molecule has 0 radical (unpaired) electrons. The van der Waals surface area contributed by atoms with E-state index in [1.54, 1.807) is 6.20 Å². The largest absolute Gasteiger partial charge is 0.368 e. The molecular formula is C12H19N5O2. The number of aromatic nitrogens is 2. The number of carbonyl (C=O) groups excluding carboxylic acids is 2. The Morgan fingerprint density at radius 3 is 3.11 bits per heavy atom. The first-order valence-electron chi connectivity index (χ1n) is 6.45. The zero-order valence-corrected chi connectivity index (χ0v) is 10.8. The summed E-state index contributed by atoms with van der Waals surface area (Å²) >= 11 is 0. The molecule has 1 aromatic rings. The van der Waals surface area contributed by atoms with Gasteiger partial charge in [-0.3, -0.25) is 14.3 Å². The molecule has 1 aliphatic rings. The second kappa shape index (κ2) is 6.33. The fourth-order valence-corrected chi connectivity index (χ4v) is 2.19. The van der Waals surface area contributed by atoms with Gasteiger partial charge in [-0.25, -0.2) is 0 Å². The van der Waals surface area contributed by atoms with Crippen LogP contribution in [0.2, 0.25) is 0 Å². The van der Waals surface area contributed by atoms with Crippen LogP contribution in [0.25, 0.3) is 0 Å². The lowest BCUT2D eigenvalue weighted by molar-refractivity contribution is -0.118. The van der Waals surface area contributed by atoms with Crippen LogP contribution >= 0.6 is 0 Å². The third-order valence-corrected chi connectivity index (χ3v) is 3.18. The highest BCUT2D eigenvalue weighted by atomic mass is 16.2. The summed E-state index contributed by atoms with van der Waals surface area (Å²) in [6.07, 6.45) is 5.66. The number of nitrogens with two attached hydrogens (primary N) is 1. The molecule has 1 saturated heterocycles. The van der Waals surface area contributed by atoms with Crippen molar-refractivity contribution in [3.05, 3.63) is 12.4 Å². The first kappa shape index (κ1) is 13.5. The van der Waals surface area contributed by atoms with E-state index in [-0.39, 0.29) is 12.5 Å². The van der Waals surface area contributed by atoms with Gasteiger partial charge >= 0.3 is 0 Å². The monoisotopic (exact) mass is 265 g/mol. The van der Waals surface area contributed by atoms with Crippen LogP contribution in [-0.4, -0.2) is 34.7 Å². The van der Waals surface area contributed by atoms with Crippen LogP contribution in [0, 0.1) is 5.92 Å². The van der Waals surface area contributed by atoms with E-state index in [9.17, 15) is 9.59 Å². The smallest absolute Gasteiger partial charge is 0.239 e. The fraction of sp³-hybridized carbons (Fsp3) is 0.583.